The maximum Gasteiger partial charge on any atom is 0.338 e. The summed E-state index contributed by atoms with van der Waals surface area (Å²) >= 11 is 2.38. The highest BCUT2D eigenvalue weighted by atomic mass is 32.2. The van der Waals surface area contributed by atoms with E-state index in [1.807, 2.05) is 43.3 Å². The molecule has 0 aliphatic carbocycles. The van der Waals surface area contributed by atoms with Crippen LogP contribution in [0.15, 0.2) is 92.0 Å². The second kappa shape index (κ2) is 12.1. The lowest BCUT2D eigenvalue weighted by Gasteiger charge is -2.25. The highest BCUT2D eigenvalue weighted by molar-refractivity contribution is 7.99. The number of carbonyl (C=O) groups excluding carboxylic acids is 1. The number of nitro benzene ring substituents is 1. The number of fused-ring (bicyclic) bond motifs is 1. The number of nitro groups is 1. The number of anilines is 1. The van der Waals surface area contributed by atoms with Crippen LogP contribution in [0.1, 0.15) is 31.0 Å². The van der Waals surface area contributed by atoms with Crippen molar-refractivity contribution in [1.29, 1.82) is 0 Å². The Hall–Kier alpha value is -4.62. The Morgan fingerprint density at radius 1 is 1.19 bits per heavy atom. The van der Waals surface area contributed by atoms with Crippen LogP contribution in [0.3, 0.4) is 0 Å². The predicted molar refractivity (Wildman–Crippen MR) is 160 cm³/mol. The molecule has 0 spiro atoms. The molecule has 2 aromatic carbocycles. The van der Waals surface area contributed by atoms with Gasteiger partial charge < -0.3 is 9.64 Å². The first-order chi connectivity index (χ1) is 20.2. The molecule has 0 amide bonds. The smallest absolute Gasteiger partial charge is 0.338 e. The molecule has 0 N–H and O–H groups in total. The summed E-state index contributed by atoms with van der Waals surface area (Å²) in [6, 6.07) is 12.9. The van der Waals surface area contributed by atoms with Gasteiger partial charge in [0.2, 0.25) is 0 Å². The van der Waals surface area contributed by atoms with Crippen LogP contribution in [0, 0.1) is 10.1 Å². The van der Waals surface area contributed by atoms with E-state index in [9.17, 15) is 19.7 Å². The third-order valence-electron chi connectivity index (χ3n) is 6.48. The number of benzene rings is 2. The van der Waals surface area contributed by atoms with Crippen LogP contribution in [0.5, 0.6) is 0 Å². The number of carbonyl (C=O) groups is 1. The maximum atomic E-state index is 14.0. The van der Waals surface area contributed by atoms with Crippen LogP contribution in [0.2, 0.25) is 0 Å². The Labute approximate surface area is 248 Å². The number of hydrogen-bond acceptors (Lipinski definition) is 11. The molecule has 11 nitrogen and oxygen atoms in total. The number of nitrogens with zero attached hydrogens (tertiary/aromatic N) is 6. The van der Waals surface area contributed by atoms with Gasteiger partial charge in [-0.25, -0.2) is 19.8 Å². The lowest BCUT2D eigenvalue weighted by atomic mass is 9.95. The van der Waals surface area contributed by atoms with Crippen molar-refractivity contribution < 1.29 is 14.5 Å². The Morgan fingerprint density at radius 2 is 1.90 bits per heavy atom. The molecule has 42 heavy (non-hydrogen) atoms. The van der Waals surface area contributed by atoms with Gasteiger partial charge in [0.25, 0.3) is 11.2 Å². The van der Waals surface area contributed by atoms with Gasteiger partial charge in [0.1, 0.15) is 0 Å². The summed E-state index contributed by atoms with van der Waals surface area (Å²) in [5.41, 5.74) is 2.37. The molecular weight excluding hydrogens is 576 g/mol. The van der Waals surface area contributed by atoms with Crippen molar-refractivity contribution in [1.82, 2.24) is 14.5 Å². The number of hydrogen-bond donors (Lipinski definition) is 0. The normalized spacial score (nSPS) is 14.8. The molecule has 0 unspecified atom stereocenters. The fraction of sp³-hybridized carbons (Fsp3) is 0.207. The molecule has 214 valence electrons. The Bertz CT molecular complexity index is 1880. The van der Waals surface area contributed by atoms with Crippen LogP contribution in [0.25, 0.3) is 6.08 Å². The molecule has 5 rings (SSSR count). The average Bonchev–Trinajstić information content (AvgIpc) is 3.27. The summed E-state index contributed by atoms with van der Waals surface area (Å²) in [7, 11) is 3.85. The molecule has 1 atom stereocenters. The number of ether oxygens (including phenoxy) is 1. The minimum atomic E-state index is -0.768. The van der Waals surface area contributed by atoms with Crippen molar-refractivity contribution >= 4 is 46.5 Å². The summed E-state index contributed by atoms with van der Waals surface area (Å²) in [4.78, 5) is 54.4. The van der Waals surface area contributed by atoms with E-state index >= 15 is 0 Å². The van der Waals surface area contributed by atoms with Crippen molar-refractivity contribution in [3.8, 4) is 0 Å². The van der Waals surface area contributed by atoms with E-state index in [0.717, 1.165) is 22.6 Å². The Kier molecular flexibility index (Phi) is 8.31. The molecule has 0 saturated heterocycles. The zero-order valence-corrected chi connectivity index (χ0v) is 24.8. The standard InChI is InChI=1S/C29H26N6O5S2/c1-5-40-27(37)24-17(2)32-29-34(25(24)18-7-9-20(10-8-18)33(3)4)26(36)23(42-29)16-19-15-21(35(38)39)11-12-22(19)41-28-30-13-6-14-31-28/h6-16,25H,5H2,1-4H3/b23-16+/t25-/m0/s1. The highest BCUT2D eigenvalue weighted by Gasteiger charge is 2.33. The third-order valence-corrected chi connectivity index (χ3v) is 8.44. The van der Waals surface area contributed by atoms with Gasteiger partial charge in [0.15, 0.2) is 9.96 Å². The third kappa shape index (κ3) is 5.74. The molecule has 4 aromatic rings. The molecule has 1 aliphatic heterocycles. The SMILES string of the molecule is CCOC(=O)C1=C(C)N=c2s/c(=C/c3cc([N+](=O)[O-])ccc3Sc3ncccn3)c(=O)n2[C@H]1c1ccc(N(C)C)cc1. The fourth-order valence-electron chi connectivity index (χ4n) is 4.49. The molecule has 0 fully saturated rings. The van der Waals surface area contributed by atoms with Crippen LogP contribution < -0.4 is 19.8 Å². The summed E-state index contributed by atoms with van der Waals surface area (Å²) < 4.78 is 7.16. The monoisotopic (exact) mass is 602 g/mol. The zero-order chi connectivity index (χ0) is 30.0. The summed E-state index contributed by atoms with van der Waals surface area (Å²) in [6.45, 7) is 3.61. The quantitative estimate of drug-likeness (QED) is 0.128. The molecule has 0 saturated carbocycles. The van der Waals surface area contributed by atoms with E-state index in [-0.39, 0.29) is 23.4 Å². The second-order valence-corrected chi connectivity index (χ2v) is 11.4. The van der Waals surface area contributed by atoms with Gasteiger partial charge in [0.05, 0.1) is 33.4 Å². The first-order valence-corrected chi connectivity index (χ1v) is 14.5. The van der Waals surface area contributed by atoms with Crippen molar-refractivity contribution in [3.63, 3.8) is 0 Å². The molecule has 2 aromatic heterocycles. The van der Waals surface area contributed by atoms with Gasteiger partial charge in [-0.3, -0.25) is 19.5 Å². The molecule has 0 radical (unpaired) electrons. The van der Waals surface area contributed by atoms with E-state index in [1.165, 1.54) is 28.5 Å². The fourth-order valence-corrected chi connectivity index (χ4v) is 6.33. The molecule has 0 bridgehead atoms. The number of rotatable bonds is 8. The van der Waals surface area contributed by atoms with Gasteiger partial charge in [-0.1, -0.05) is 23.5 Å². The largest absolute Gasteiger partial charge is 0.463 e. The van der Waals surface area contributed by atoms with Crippen molar-refractivity contribution in [2.24, 2.45) is 4.99 Å². The van der Waals surface area contributed by atoms with Crippen LogP contribution in [-0.2, 0) is 9.53 Å². The lowest BCUT2D eigenvalue weighted by molar-refractivity contribution is -0.384. The molecule has 1 aliphatic rings. The minimum absolute atomic E-state index is 0.119. The highest BCUT2D eigenvalue weighted by Crippen LogP contribution is 2.33. The predicted octanol–water partition coefficient (Wildman–Crippen LogP) is 3.71. The first-order valence-electron chi connectivity index (χ1n) is 12.9. The van der Waals surface area contributed by atoms with Gasteiger partial charge >= 0.3 is 5.97 Å². The average molecular weight is 603 g/mol. The second-order valence-electron chi connectivity index (χ2n) is 9.40. The van der Waals surface area contributed by atoms with Crippen molar-refractivity contribution in [3.05, 3.63) is 113 Å². The van der Waals surface area contributed by atoms with Crippen LogP contribution in [0.4, 0.5) is 11.4 Å². The zero-order valence-electron chi connectivity index (χ0n) is 23.2. The first kappa shape index (κ1) is 28.9. The maximum absolute atomic E-state index is 14.0. The van der Waals surface area contributed by atoms with Crippen LogP contribution >= 0.6 is 23.1 Å². The van der Waals surface area contributed by atoms with E-state index in [2.05, 4.69) is 15.0 Å². The molecular formula is C29H26N6O5S2. The van der Waals surface area contributed by atoms with E-state index in [0.29, 0.717) is 30.6 Å². The summed E-state index contributed by atoms with van der Waals surface area (Å²) in [5.74, 6) is -0.546. The number of non-ortho nitro benzene ring substituents is 1. The van der Waals surface area contributed by atoms with Crippen molar-refractivity contribution in [2.45, 2.75) is 29.9 Å². The van der Waals surface area contributed by atoms with E-state index in [1.54, 1.807) is 44.4 Å². The van der Waals surface area contributed by atoms with Gasteiger partial charge in [-0.2, -0.15) is 0 Å². The summed E-state index contributed by atoms with van der Waals surface area (Å²) in [6.07, 6.45) is 4.82. The van der Waals surface area contributed by atoms with Gasteiger partial charge in [0, 0.05) is 49.2 Å². The van der Waals surface area contributed by atoms with Crippen LogP contribution in [-0.4, -0.2) is 46.1 Å². The van der Waals surface area contributed by atoms with Gasteiger partial charge in [-0.05, 0) is 67.1 Å². The Balaban J connectivity index is 1.70. The number of aromatic nitrogens is 3. The Morgan fingerprint density at radius 3 is 2.55 bits per heavy atom. The molecule has 3 heterocycles. The van der Waals surface area contributed by atoms with Crippen molar-refractivity contribution in [2.75, 3.05) is 25.6 Å². The number of allylic oxidation sites excluding steroid dienone is 1. The number of thiazole rings is 1. The van der Waals surface area contributed by atoms with Gasteiger partial charge in [-0.15, -0.1) is 0 Å². The molecule has 13 heteroatoms. The van der Waals surface area contributed by atoms with E-state index < -0.39 is 16.9 Å². The summed E-state index contributed by atoms with van der Waals surface area (Å²) in [5, 5.41) is 12.0. The van der Waals surface area contributed by atoms with E-state index in [4.69, 9.17) is 4.74 Å². The lowest BCUT2D eigenvalue weighted by Crippen LogP contribution is -2.40. The number of esters is 1. The minimum Gasteiger partial charge on any atom is -0.463 e. The topological polar surface area (TPSA) is 133 Å².